The van der Waals surface area contributed by atoms with Gasteiger partial charge in [0, 0.05) is 10.0 Å². The summed E-state index contributed by atoms with van der Waals surface area (Å²) in [6.45, 7) is 4.66. The van der Waals surface area contributed by atoms with Crippen molar-refractivity contribution >= 4 is 34.2 Å². The summed E-state index contributed by atoms with van der Waals surface area (Å²) in [6, 6.07) is 21.7. The lowest BCUT2D eigenvalue weighted by Gasteiger charge is -2.17. The lowest BCUT2D eigenvalue weighted by Crippen LogP contribution is -2.13. The molecule has 0 fully saturated rings. The first-order valence-electron chi connectivity index (χ1n) is 9.13. The van der Waals surface area contributed by atoms with Crippen molar-refractivity contribution in [3.63, 3.8) is 0 Å². The summed E-state index contributed by atoms with van der Waals surface area (Å²) in [4.78, 5) is 4.84. The molecule has 0 aliphatic heterocycles. The van der Waals surface area contributed by atoms with Gasteiger partial charge in [0.15, 0.2) is 11.9 Å². The van der Waals surface area contributed by atoms with Gasteiger partial charge in [-0.25, -0.2) is 4.98 Å². The van der Waals surface area contributed by atoms with Crippen molar-refractivity contribution < 1.29 is 4.74 Å². The second kappa shape index (κ2) is 7.86. The first kappa shape index (κ1) is 18.9. The van der Waals surface area contributed by atoms with Crippen molar-refractivity contribution in [3.05, 3.63) is 93.7 Å². The van der Waals surface area contributed by atoms with Crippen molar-refractivity contribution in [2.24, 2.45) is 0 Å². The third-order valence-electron chi connectivity index (χ3n) is 4.69. The number of aryl methyl sites for hydroxylation is 1. The Hall–Kier alpha value is -2.49. The van der Waals surface area contributed by atoms with Gasteiger partial charge in [-0.3, -0.25) is 0 Å². The maximum atomic E-state index is 6.43. The first-order chi connectivity index (χ1) is 13.5. The Labute approximate surface area is 174 Å². The van der Waals surface area contributed by atoms with Gasteiger partial charge >= 0.3 is 0 Å². The highest BCUT2D eigenvalue weighted by Crippen LogP contribution is 2.28. The van der Waals surface area contributed by atoms with Crippen molar-refractivity contribution in [1.82, 2.24) is 9.55 Å². The summed E-state index contributed by atoms with van der Waals surface area (Å²) in [6.07, 6.45) is -0.222. The molecule has 4 aromatic rings. The molecule has 0 aliphatic rings. The van der Waals surface area contributed by atoms with Gasteiger partial charge in [0.25, 0.3) is 0 Å². The predicted molar refractivity (Wildman–Crippen MR) is 116 cm³/mol. The molecule has 0 bridgehead atoms. The SMILES string of the molecule is Cc1cccc(OC(C)c2nc3ccccc3n2Cc2ccc(Cl)cc2Cl)c1. The molecule has 0 radical (unpaired) electrons. The number of halogens is 2. The highest BCUT2D eigenvalue weighted by molar-refractivity contribution is 6.35. The van der Waals surface area contributed by atoms with Gasteiger partial charge in [0.1, 0.15) is 5.75 Å². The highest BCUT2D eigenvalue weighted by atomic mass is 35.5. The summed E-state index contributed by atoms with van der Waals surface area (Å²) < 4.78 is 8.36. The van der Waals surface area contributed by atoms with Gasteiger partial charge in [-0.05, 0) is 61.4 Å². The molecular formula is C23H20Cl2N2O. The minimum absolute atomic E-state index is 0.222. The summed E-state index contributed by atoms with van der Waals surface area (Å²) in [7, 11) is 0. The zero-order valence-electron chi connectivity index (χ0n) is 15.7. The molecule has 0 saturated heterocycles. The van der Waals surface area contributed by atoms with E-state index < -0.39 is 0 Å². The van der Waals surface area contributed by atoms with Crippen LogP contribution in [0.3, 0.4) is 0 Å². The molecular weight excluding hydrogens is 391 g/mol. The lowest BCUT2D eigenvalue weighted by atomic mass is 10.2. The number of benzene rings is 3. The highest BCUT2D eigenvalue weighted by Gasteiger charge is 2.19. The number of fused-ring (bicyclic) bond motifs is 1. The largest absolute Gasteiger partial charge is 0.483 e. The van der Waals surface area contributed by atoms with Crippen molar-refractivity contribution in [3.8, 4) is 5.75 Å². The second-order valence-electron chi connectivity index (χ2n) is 6.86. The number of rotatable bonds is 5. The molecule has 5 heteroatoms. The monoisotopic (exact) mass is 410 g/mol. The van der Waals surface area contributed by atoms with Crippen LogP contribution in [-0.4, -0.2) is 9.55 Å². The van der Waals surface area contributed by atoms with Gasteiger partial charge in [0.05, 0.1) is 17.6 Å². The second-order valence-corrected chi connectivity index (χ2v) is 7.70. The molecule has 3 nitrogen and oxygen atoms in total. The maximum Gasteiger partial charge on any atom is 0.153 e. The molecule has 1 atom stereocenters. The van der Waals surface area contributed by atoms with Crippen molar-refractivity contribution in [1.29, 1.82) is 0 Å². The van der Waals surface area contributed by atoms with Crippen LogP contribution < -0.4 is 4.74 Å². The summed E-state index contributed by atoms with van der Waals surface area (Å²) >= 11 is 12.5. The molecule has 1 heterocycles. The summed E-state index contributed by atoms with van der Waals surface area (Å²) in [5.41, 5.74) is 4.12. The van der Waals surface area contributed by atoms with E-state index >= 15 is 0 Å². The predicted octanol–water partition coefficient (Wildman–Crippen LogP) is 6.84. The number of ether oxygens (including phenoxy) is 1. The van der Waals surface area contributed by atoms with Crippen molar-refractivity contribution in [2.75, 3.05) is 0 Å². The molecule has 28 heavy (non-hydrogen) atoms. The van der Waals surface area contributed by atoms with Crippen LogP contribution in [-0.2, 0) is 6.54 Å². The average molecular weight is 411 g/mol. The van der Waals surface area contributed by atoms with E-state index in [1.54, 1.807) is 6.07 Å². The normalized spacial score (nSPS) is 12.3. The summed E-state index contributed by atoms with van der Waals surface area (Å²) in [5, 5.41) is 1.27. The van der Waals surface area contributed by atoms with E-state index in [-0.39, 0.29) is 6.10 Å². The Morgan fingerprint density at radius 1 is 1.00 bits per heavy atom. The lowest BCUT2D eigenvalue weighted by molar-refractivity contribution is 0.212. The van der Waals surface area contributed by atoms with E-state index in [0.29, 0.717) is 16.6 Å². The zero-order chi connectivity index (χ0) is 19.7. The van der Waals surface area contributed by atoms with Crippen LogP contribution in [0.5, 0.6) is 5.75 Å². The minimum Gasteiger partial charge on any atom is -0.483 e. The molecule has 4 rings (SSSR count). The molecule has 0 aliphatic carbocycles. The number of hydrogen-bond donors (Lipinski definition) is 0. The number of imidazole rings is 1. The number of hydrogen-bond acceptors (Lipinski definition) is 2. The Morgan fingerprint density at radius 3 is 2.61 bits per heavy atom. The Balaban J connectivity index is 1.74. The molecule has 1 unspecified atom stereocenters. The van der Waals surface area contributed by atoms with Crippen LogP contribution in [0.1, 0.15) is 30.0 Å². The smallest absolute Gasteiger partial charge is 0.153 e. The number of nitrogens with zero attached hydrogens (tertiary/aromatic N) is 2. The molecule has 0 amide bonds. The molecule has 0 saturated carbocycles. The quantitative estimate of drug-likeness (QED) is 0.360. The van der Waals surface area contributed by atoms with E-state index in [2.05, 4.69) is 23.6 Å². The van der Waals surface area contributed by atoms with Gasteiger partial charge in [0.2, 0.25) is 0 Å². The molecule has 3 aromatic carbocycles. The fraction of sp³-hybridized carbons (Fsp3) is 0.174. The minimum atomic E-state index is -0.222. The van der Waals surface area contributed by atoms with Crippen LogP contribution in [0.15, 0.2) is 66.7 Å². The Bertz CT molecular complexity index is 1140. The molecule has 1 aromatic heterocycles. The molecule has 0 spiro atoms. The Kier molecular flexibility index (Phi) is 5.29. The van der Waals surface area contributed by atoms with Crippen LogP contribution in [0.4, 0.5) is 0 Å². The topological polar surface area (TPSA) is 27.1 Å². The molecule has 142 valence electrons. The van der Waals surface area contributed by atoms with Crippen LogP contribution >= 0.6 is 23.2 Å². The number of aromatic nitrogens is 2. The van der Waals surface area contributed by atoms with Crippen LogP contribution in [0.25, 0.3) is 11.0 Å². The van der Waals surface area contributed by atoms with E-state index in [1.807, 2.05) is 55.5 Å². The fourth-order valence-electron chi connectivity index (χ4n) is 3.34. The van der Waals surface area contributed by atoms with E-state index in [1.165, 1.54) is 0 Å². The van der Waals surface area contributed by atoms with Crippen molar-refractivity contribution in [2.45, 2.75) is 26.5 Å². The van der Waals surface area contributed by atoms with Gasteiger partial charge < -0.3 is 9.30 Å². The third kappa shape index (κ3) is 3.87. The Morgan fingerprint density at radius 2 is 1.82 bits per heavy atom. The average Bonchev–Trinajstić information content (AvgIpc) is 3.03. The van der Waals surface area contributed by atoms with Crippen LogP contribution in [0, 0.1) is 6.92 Å². The summed E-state index contributed by atoms with van der Waals surface area (Å²) in [5.74, 6) is 1.68. The molecule has 0 N–H and O–H groups in total. The zero-order valence-corrected chi connectivity index (χ0v) is 17.2. The van der Waals surface area contributed by atoms with E-state index in [4.69, 9.17) is 32.9 Å². The van der Waals surface area contributed by atoms with Crippen LogP contribution in [0.2, 0.25) is 10.0 Å². The van der Waals surface area contributed by atoms with E-state index in [0.717, 1.165) is 33.7 Å². The fourth-order valence-corrected chi connectivity index (χ4v) is 3.80. The van der Waals surface area contributed by atoms with Gasteiger partial charge in [-0.15, -0.1) is 0 Å². The standard InChI is InChI=1S/C23H20Cl2N2O/c1-15-6-5-7-19(12-15)28-16(2)23-26-21-8-3-4-9-22(21)27(23)14-17-10-11-18(24)13-20(17)25/h3-13,16H,14H2,1-2H3. The van der Waals surface area contributed by atoms with E-state index in [9.17, 15) is 0 Å². The number of para-hydroxylation sites is 2. The van der Waals surface area contributed by atoms with Gasteiger partial charge in [-0.1, -0.05) is 53.5 Å². The van der Waals surface area contributed by atoms with Gasteiger partial charge in [-0.2, -0.15) is 0 Å². The maximum absolute atomic E-state index is 6.43. The first-order valence-corrected chi connectivity index (χ1v) is 9.89. The third-order valence-corrected chi connectivity index (χ3v) is 5.28.